The number of benzene rings is 2. The van der Waals surface area contributed by atoms with E-state index in [9.17, 15) is 9.59 Å². The Morgan fingerprint density at radius 1 is 0.964 bits per heavy atom. The number of amides is 2. The summed E-state index contributed by atoms with van der Waals surface area (Å²) < 4.78 is 5.72. The van der Waals surface area contributed by atoms with Crippen LogP contribution in [0.4, 0.5) is 5.69 Å². The zero-order chi connectivity index (χ0) is 20.9. The van der Waals surface area contributed by atoms with E-state index in [1.807, 2.05) is 65.8 Å². The number of nitrogens with one attached hydrogen (secondary N) is 2. The van der Waals surface area contributed by atoms with Crippen LogP contribution < -0.4 is 15.4 Å². The highest BCUT2D eigenvalue weighted by Crippen LogP contribution is 2.21. The van der Waals surface area contributed by atoms with Crippen LogP contribution in [0.2, 0.25) is 0 Å². The molecule has 5 heteroatoms. The summed E-state index contributed by atoms with van der Waals surface area (Å²) in [4.78, 5) is 24.8. The molecule has 2 aromatic carbocycles. The van der Waals surface area contributed by atoms with Gasteiger partial charge in [0.2, 0.25) is 5.91 Å². The molecule has 0 aromatic heterocycles. The van der Waals surface area contributed by atoms with E-state index in [1.54, 1.807) is 24.3 Å². The van der Waals surface area contributed by atoms with Crippen LogP contribution in [0.5, 0.6) is 5.75 Å². The van der Waals surface area contributed by atoms with Gasteiger partial charge in [0.25, 0.3) is 5.91 Å². The van der Waals surface area contributed by atoms with Gasteiger partial charge in [-0.15, -0.1) is 0 Å². The van der Waals surface area contributed by atoms with Crippen molar-refractivity contribution in [2.45, 2.75) is 53.7 Å². The van der Waals surface area contributed by atoms with Crippen LogP contribution in [-0.2, 0) is 4.79 Å². The Morgan fingerprint density at radius 3 is 2.29 bits per heavy atom. The first-order valence-electron chi connectivity index (χ1n) is 9.55. The van der Waals surface area contributed by atoms with Gasteiger partial charge >= 0.3 is 0 Å². The second-order valence-electron chi connectivity index (χ2n) is 8.22. The van der Waals surface area contributed by atoms with Crippen molar-refractivity contribution in [3.8, 4) is 5.75 Å². The number of hydrogen-bond acceptors (Lipinski definition) is 3. The van der Waals surface area contributed by atoms with Crippen LogP contribution in [0.25, 0.3) is 0 Å². The summed E-state index contributed by atoms with van der Waals surface area (Å²) in [5.74, 6) is 0.482. The lowest BCUT2D eigenvalue weighted by Crippen LogP contribution is -2.28. The molecule has 0 heterocycles. The average Bonchev–Trinajstić information content (AvgIpc) is 2.60. The summed E-state index contributed by atoms with van der Waals surface area (Å²) >= 11 is 0. The molecule has 0 fully saturated rings. The van der Waals surface area contributed by atoms with E-state index in [4.69, 9.17) is 4.74 Å². The van der Waals surface area contributed by atoms with Crippen molar-refractivity contribution in [3.63, 3.8) is 0 Å². The van der Waals surface area contributed by atoms with Gasteiger partial charge in [0, 0.05) is 16.7 Å². The second kappa shape index (κ2) is 8.91. The smallest absolute Gasteiger partial charge is 0.251 e. The maximum Gasteiger partial charge on any atom is 0.251 e. The molecule has 0 radical (unpaired) electrons. The van der Waals surface area contributed by atoms with Crippen molar-refractivity contribution in [3.05, 3.63) is 59.7 Å². The van der Waals surface area contributed by atoms with Crippen molar-refractivity contribution in [1.29, 1.82) is 0 Å². The predicted octanol–water partition coefficient (Wildman–Crippen LogP) is 4.95. The molecule has 0 spiro atoms. The SMILES string of the molecule is CC(C)Oc1cccc(C(C)NC(=O)c2cccc(NC(=O)C(C)(C)C)c2)c1. The predicted molar refractivity (Wildman–Crippen MR) is 113 cm³/mol. The van der Waals surface area contributed by atoms with Crippen molar-refractivity contribution < 1.29 is 14.3 Å². The summed E-state index contributed by atoms with van der Waals surface area (Å²) in [7, 11) is 0. The van der Waals surface area contributed by atoms with Gasteiger partial charge in [-0.05, 0) is 56.7 Å². The summed E-state index contributed by atoms with van der Waals surface area (Å²) in [6.45, 7) is 11.4. The number of carbonyl (C=O) groups excluding carboxylic acids is 2. The Morgan fingerprint density at radius 2 is 1.64 bits per heavy atom. The van der Waals surface area contributed by atoms with Crippen molar-refractivity contribution in [2.24, 2.45) is 5.41 Å². The van der Waals surface area contributed by atoms with E-state index in [0.29, 0.717) is 11.3 Å². The highest BCUT2D eigenvalue weighted by molar-refractivity contribution is 5.98. The molecule has 2 N–H and O–H groups in total. The first-order valence-corrected chi connectivity index (χ1v) is 9.55. The number of rotatable bonds is 6. The Balaban J connectivity index is 2.08. The van der Waals surface area contributed by atoms with Crippen LogP contribution >= 0.6 is 0 Å². The maximum atomic E-state index is 12.7. The quantitative estimate of drug-likeness (QED) is 0.743. The van der Waals surface area contributed by atoms with Gasteiger partial charge in [-0.2, -0.15) is 0 Å². The highest BCUT2D eigenvalue weighted by atomic mass is 16.5. The third kappa shape index (κ3) is 6.12. The van der Waals surface area contributed by atoms with Crippen LogP contribution in [0, 0.1) is 5.41 Å². The van der Waals surface area contributed by atoms with E-state index < -0.39 is 5.41 Å². The van der Waals surface area contributed by atoms with Crippen LogP contribution in [0.1, 0.15) is 63.5 Å². The third-order valence-corrected chi connectivity index (χ3v) is 4.14. The van der Waals surface area contributed by atoms with Gasteiger partial charge < -0.3 is 15.4 Å². The number of ether oxygens (including phenoxy) is 1. The summed E-state index contributed by atoms with van der Waals surface area (Å²) in [6.07, 6.45) is 0.0891. The molecule has 0 aliphatic rings. The second-order valence-corrected chi connectivity index (χ2v) is 8.22. The van der Waals surface area contributed by atoms with E-state index in [1.165, 1.54) is 0 Å². The van der Waals surface area contributed by atoms with E-state index in [2.05, 4.69) is 10.6 Å². The molecule has 1 atom stereocenters. The fraction of sp³-hybridized carbons (Fsp3) is 0.391. The molecule has 2 rings (SSSR count). The maximum absolute atomic E-state index is 12.7. The van der Waals surface area contributed by atoms with Gasteiger partial charge in [0.05, 0.1) is 12.1 Å². The standard InChI is InChI=1S/C23H30N2O3/c1-15(2)28-20-12-8-9-17(14-20)16(3)24-21(26)18-10-7-11-19(13-18)25-22(27)23(4,5)6/h7-16H,1-6H3,(H,24,26)(H,25,27). The molecule has 150 valence electrons. The van der Waals surface area contributed by atoms with Crippen molar-refractivity contribution in [1.82, 2.24) is 5.32 Å². The monoisotopic (exact) mass is 382 g/mol. The largest absolute Gasteiger partial charge is 0.491 e. The van der Waals surface area contributed by atoms with Gasteiger partial charge in [0.15, 0.2) is 0 Å². The zero-order valence-electron chi connectivity index (χ0n) is 17.5. The molecular formula is C23H30N2O3. The van der Waals surface area contributed by atoms with Crippen LogP contribution in [-0.4, -0.2) is 17.9 Å². The molecule has 0 bridgehead atoms. The molecule has 0 saturated heterocycles. The topological polar surface area (TPSA) is 67.4 Å². The number of carbonyl (C=O) groups is 2. The van der Waals surface area contributed by atoms with Gasteiger partial charge in [-0.1, -0.05) is 39.0 Å². The van der Waals surface area contributed by atoms with Gasteiger partial charge in [-0.3, -0.25) is 9.59 Å². The Hall–Kier alpha value is -2.82. The molecule has 28 heavy (non-hydrogen) atoms. The molecular weight excluding hydrogens is 352 g/mol. The first-order chi connectivity index (χ1) is 13.1. The van der Waals surface area contributed by atoms with Crippen molar-refractivity contribution in [2.75, 3.05) is 5.32 Å². The summed E-state index contributed by atoms with van der Waals surface area (Å²) in [6, 6.07) is 14.5. The minimum absolute atomic E-state index is 0.0891. The third-order valence-electron chi connectivity index (χ3n) is 4.14. The normalized spacial score (nSPS) is 12.4. The van der Waals surface area contributed by atoms with E-state index in [0.717, 1.165) is 11.3 Å². The lowest BCUT2D eigenvalue weighted by molar-refractivity contribution is -0.123. The Labute approximate surface area is 167 Å². The fourth-order valence-corrected chi connectivity index (χ4v) is 2.55. The number of hydrogen-bond donors (Lipinski definition) is 2. The highest BCUT2D eigenvalue weighted by Gasteiger charge is 2.21. The number of anilines is 1. The molecule has 1 unspecified atom stereocenters. The summed E-state index contributed by atoms with van der Waals surface area (Å²) in [5, 5.41) is 5.85. The zero-order valence-corrected chi connectivity index (χ0v) is 17.5. The van der Waals surface area contributed by atoms with Gasteiger partial charge in [0.1, 0.15) is 5.75 Å². The fourth-order valence-electron chi connectivity index (χ4n) is 2.55. The molecule has 2 aromatic rings. The molecule has 5 nitrogen and oxygen atoms in total. The van der Waals surface area contributed by atoms with Crippen molar-refractivity contribution >= 4 is 17.5 Å². The Kier molecular flexibility index (Phi) is 6.84. The molecule has 0 aliphatic heterocycles. The minimum Gasteiger partial charge on any atom is -0.491 e. The lowest BCUT2D eigenvalue weighted by Gasteiger charge is -2.19. The first kappa shape index (κ1) is 21.5. The average molecular weight is 383 g/mol. The van der Waals surface area contributed by atoms with Crippen LogP contribution in [0.3, 0.4) is 0 Å². The molecule has 2 amide bonds. The van der Waals surface area contributed by atoms with Crippen LogP contribution in [0.15, 0.2) is 48.5 Å². The molecule has 0 aliphatic carbocycles. The van der Waals surface area contributed by atoms with E-state index in [-0.39, 0.29) is 24.0 Å². The molecule has 0 saturated carbocycles. The van der Waals surface area contributed by atoms with Gasteiger partial charge in [-0.25, -0.2) is 0 Å². The lowest BCUT2D eigenvalue weighted by atomic mass is 9.95. The van der Waals surface area contributed by atoms with E-state index >= 15 is 0 Å². The minimum atomic E-state index is -0.504. The summed E-state index contributed by atoms with van der Waals surface area (Å²) in [5.41, 5.74) is 1.56. The Bertz CT molecular complexity index is 838.